The van der Waals surface area contributed by atoms with Gasteiger partial charge in [0.05, 0.1) is 13.2 Å². The lowest BCUT2D eigenvalue weighted by Crippen LogP contribution is -2.62. The smallest absolute Gasteiger partial charge is 0.254 e. The quantitative estimate of drug-likeness (QED) is 0.245. The van der Waals surface area contributed by atoms with Crippen LogP contribution in [0.3, 0.4) is 0 Å². The second-order valence-corrected chi connectivity index (χ2v) is 7.98. The first-order chi connectivity index (χ1) is 14.0. The third-order valence-corrected chi connectivity index (χ3v) is 5.60. The molecule has 29 heavy (non-hydrogen) atoms. The SMILES string of the molecule is CCCCCCCCCCCCN(CCO)C(=O)C1O[C@H](CO)[C@@H](O)[C@H](O)[C@H]1O. The Balaban J connectivity index is 2.38. The summed E-state index contributed by atoms with van der Waals surface area (Å²) in [5.74, 6) is -0.549. The molecule has 1 aliphatic rings. The third-order valence-electron chi connectivity index (χ3n) is 5.60. The number of carbonyl (C=O) groups is 1. The first-order valence-electron chi connectivity index (χ1n) is 11.2. The molecule has 5 atom stereocenters. The zero-order valence-corrected chi connectivity index (χ0v) is 17.8. The summed E-state index contributed by atoms with van der Waals surface area (Å²) in [5, 5.41) is 48.4. The number of unbranched alkanes of at least 4 members (excludes halogenated alkanes) is 9. The molecule has 0 spiro atoms. The highest BCUT2D eigenvalue weighted by molar-refractivity contribution is 5.82. The van der Waals surface area contributed by atoms with Gasteiger partial charge in [-0.3, -0.25) is 4.79 Å². The molecule has 1 rings (SSSR count). The first-order valence-corrected chi connectivity index (χ1v) is 11.2. The van der Waals surface area contributed by atoms with E-state index in [9.17, 15) is 30.3 Å². The Kier molecular flexibility index (Phi) is 13.7. The number of nitrogens with zero attached hydrogens (tertiary/aromatic N) is 1. The summed E-state index contributed by atoms with van der Waals surface area (Å²) in [6.07, 6.45) is 4.54. The van der Waals surface area contributed by atoms with Gasteiger partial charge in [0.25, 0.3) is 5.91 Å². The highest BCUT2D eigenvalue weighted by Crippen LogP contribution is 2.23. The Morgan fingerprint density at radius 3 is 1.86 bits per heavy atom. The van der Waals surface area contributed by atoms with Gasteiger partial charge in [-0.25, -0.2) is 0 Å². The van der Waals surface area contributed by atoms with Crippen molar-refractivity contribution in [2.75, 3.05) is 26.3 Å². The van der Waals surface area contributed by atoms with Crippen LogP contribution in [0.5, 0.6) is 0 Å². The molecule has 1 aliphatic heterocycles. The predicted molar refractivity (Wildman–Crippen MR) is 109 cm³/mol. The van der Waals surface area contributed by atoms with E-state index in [4.69, 9.17) is 4.74 Å². The van der Waals surface area contributed by atoms with Gasteiger partial charge in [-0.05, 0) is 6.42 Å². The molecule has 0 radical (unpaired) electrons. The molecular formula is C21H41NO7. The van der Waals surface area contributed by atoms with Crippen LogP contribution in [0, 0.1) is 0 Å². The second-order valence-electron chi connectivity index (χ2n) is 7.98. The van der Waals surface area contributed by atoms with Crippen molar-refractivity contribution in [1.82, 2.24) is 4.90 Å². The van der Waals surface area contributed by atoms with Gasteiger partial charge in [-0.15, -0.1) is 0 Å². The molecule has 0 saturated carbocycles. The van der Waals surface area contributed by atoms with Crippen molar-refractivity contribution >= 4 is 5.91 Å². The van der Waals surface area contributed by atoms with Gasteiger partial charge >= 0.3 is 0 Å². The van der Waals surface area contributed by atoms with Crippen molar-refractivity contribution in [2.45, 2.75) is 102 Å². The van der Waals surface area contributed by atoms with E-state index in [1.807, 2.05) is 0 Å². The van der Waals surface area contributed by atoms with Crippen molar-refractivity contribution in [2.24, 2.45) is 0 Å². The van der Waals surface area contributed by atoms with Crippen LogP contribution < -0.4 is 0 Å². The van der Waals surface area contributed by atoms with Gasteiger partial charge in [-0.2, -0.15) is 0 Å². The lowest BCUT2D eigenvalue weighted by atomic mass is 9.94. The van der Waals surface area contributed by atoms with E-state index in [0.29, 0.717) is 6.54 Å². The minimum absolute atomic E-state index is 0.102. The number of hydrogen-bond acceptors (Lipinski definition) is 7. The number of aliphatic hydroxyl groups is 5. The highest BCUT2D eigenvalue weighted by atomic mass is 16.5. The van der Waals surface area contributed by atoms with Crippen LogP contribution in [-0.4, -0.2) is 93.2 Å². The molecule has 172 valence electrons. The van der Waals surface area contributed by atoms with Crippen LogP contribution in [-0.2, 0) is 9.53 Å². The summed E-state index contributed by atoms with van der Waals surface area (Å²) in [5.41, 5.74) is 0. The Morgan fingerprint density at radius 1 is 0.793 bits per heavy atom. The van der Waals surface area contributed by atoms with E-state index >= 15 is 0 Å². The molecule has 1 unspecified atom stereocenters. The number of rotatable bonds is 15. The van der Waals surface area contributed by atoms with Crippen molar-refractivity contribution < 1.29 is 35.1 Å². The molecule has 1 amide bonds. The molecule has 8 heteroatoms. The molecule has 8 nitrogen and oxygen atoms in total. The summed E-state index contributed by atoms with van der Waals surface area (Å²) < 4.78 is 5.34. The number of aliphatic hydroxyl groups excluding tert-OH is 5. The zero-order valence-electron chi connectivity index (χ0n) is 17.8. The van der Waals surface area contributed by atoms with Gasteiger partial charge in [0, 0.05) is 13.1 Å². The van der Waals surface area contributed by atoms with Gasteiger partial charge in [0.15, 0.2) is 6.10 Å². The molecule has 1 saturated heterocycles. The van der Waals surface area contributed by atoms with Crippen molar-refractivity contribution in [1.29, 1.82) is 0 Å². The minimum Gasteiger partial charge on any atom is -0.395 e. The van der Waals surface area contributed by atoms with Gasteiger partial charge in [-0.1, -0.05) is 64.7 Å². The number of hydrogen-bond donors (Lipinski definition) is 5. The maximum absolute atomic E-state index is 12.8. The average molecular weight is 420 g/mol. The first kappa shape index (κ1) is 26.3. The lowest BCUT2D eigenvalue weighted by Gasteiger charge is -2.40. The molecule has 0 aliphatic carbocycles. The van der Waals surface area contributed by atoms with E-state index in [0.717, 1.165) is 19.3 Å². The molecule has 1 fully saturated rings. The molecule has 0 bridgehead atoms. The average Bonchev–Trinajstić information content (AvgIpc) is 2.72. The number of amides is 1. The molecular weight excluding hydrogens is 378 g/mol. The fourth-order valence-electron chi connectivity index (χ4n) is 3.73. The monoisotopic (exact) mass is 419 g/mol. The van der Waals surface area contributed by atoms with Crippen LogP contribution in [0.25, 0.3) is 0 Å². The van der Waals surface area contributed by atoms with E-state index < -0.39 is 43.0 Å². The van der Waals surface area contributed by atoms with E-state index in [2.05, 4.69) is 6.92 Å². The molecule has 0 aromatic carbocycles. The van der Waals surface area contributed by atoms with Gasteiger partial charge in [0.1, 0.15) is 24.4 Å². The topological polar surface area (TPSA) is 131 Å². The summed E-state index contributed by atoms with van der Waals surface area (Å²) in [4.78, 5) is 14.2. The number of carbonyl (C=O) groups excluding carboxylic acids is 1. The third kappa shape index (κ3) is 8.86. The lowest BCUT2D eigenvalue weighted by molar-refractivity contribution is -0.230. The van der Waals surface area contributed by atoms with Crippen LogP contribution in [0.2, 0.25) is 0 Å². The van der Waals surface area contributed by atoms with Crippen LogP contribution in [0.15, 0.2) is 0 Å². The van der Waals surface area contributed by atoms with Gasteiger partial charge in [0.2, 0.25) is 0 Å². The Bertz CT molecular complexity index is 435. The fraction of sp³-hybridized carbons (Fsp3) is 0.952. The van der Waals surface area contributed by atoms with Crippen LogP contribution in [0.4, 0.5) is 0 Å². The van der Waals surface area contributed by atoms with Crippen LogP contribution in [0.1, 0.15) is 71.1 Å². The summed E-state index contributed by atoms with van der Waals surface area (Å²) in [6.45, 7) is 1.94. The largest absolute Gasteiger partial charge is 0.395 e. The minimum atomic E-state index is -1.59. The summed E-state index contributed by atoms with van der Waals surface area (Å²) in [6, 6.07) is 0. The molecule has 0 aromatic rings. The Morgan fingerprint density at radius 2 is 1.34 bits per heavy atom. The Labute approximate surface area is 174 Å². The molecule has 0 aromatic heterocycles. The van der Waals surface area contributed by atoms with E-state index in [1.165, 1.54) is 49.8 Å². The van der Waals surface area contributed by atoms with Crippen molar-refractivity contribution in [3.8, 4) is 0 Å². The normalized spacial score (nSPS) is 27.2. The predicted octanol–water partition coefficient (Wildman–Crippen LogP) is 0.571. The molecule has 1 heterocycles. The Hall–Kier alpha value is -0.770. The maximum atomic E-state index is 12.8. The van der Waals surface area contributed by atoms with E-state index in [1.54, 1.807) is 0 Å². The molecule has 5 N–H and O–H groups in total. The van der Waals surface area contributed by atoms with Crippen molar-refractivity contribution in [3.05, 3.63) is 0 Å². The van der Waals surface area contributed by atoms with E-state index in [-0.39, 0.29) is 13.2 Å². The van der Waals surface area contributed by atoms with Crippen molar-refractivity contribution in [3.63, 3.8) is 0 Å². The fourth-order valence-corrected chi connectivity index (χ4v) is 3.73. The van der Waals surface area contributed by atoms with Crippen LogP contribution >= 0.6 is 0 Å². The maximum Gasteiger partial charge on any atom is 0.254 e. The van der Waals surface area contributed by atoms with Gasteiger partial charge < -0.3 is 35.2 Å². The second kappa shape index (κ2) is 15.1. The summed E-state index contributed by atoms with van der Waals surface area (Å²) in [7, 11) is 0. The summed E-state index contributed by atoms with van der Waals surface area (Å²) >= 11 is 0. The zero-order chi connectivity index (χ0) is 21.6. The number of ether oxygens (including phenoxy) is 1. The highest BCUT2D eigenvalue weighted by Gasteiger charge is 2.47. The standard InChI is InChI=1S/C21H41NO7/c1-2-3-4-5-6-7-8-9-10-11-12-22(13-14-23)21(28)20-19(27)18(26)17(25)16(15-24)29-20/h16-20,23-27H,2-15H2,1H3/t16-,17-,18+,19-,20?/m1/s1.